The summed E-state index contributed by atoms with van der Waals surface area (Å²) in [6.45, 7) is 4.17. The van der Waals surface area contributed by atoms with E-state index in [2.05, 4.69) is 17.0 Å². The van der Waals surface area contributed by atoms with E-state index >= 15 is 0 Å². The van der Waals surface area contributed by atoms with Crippen LogP contribution >= 0.6 is 0 Å². The molecule has 20 heavy (non-hydrogen) atoms. The average molecular weight is 289 g/mol. The highest BCUT2D eigenvalue weighted by molar-refractivity contribution is 5.27. The molecule has 1 aliphatic heterocycles. The first-order chi connectivity index (χ1) is 9.36. The van der Waals surface area contributed by atoms with E-state index in [1.54, 1.807) is 12.1 Å². The van der Waals surface area contributed by atoms with Crippen LogP contribution in [0.4, 0.5) is 13.2 Å². The Hall–Kier alpha value is -1.27. The van der Waals surface area contributed by atoms with Gasteiger partial charge in [0.2, 0.25) is 0 Å². The van der Waals surface area contributed by atoms with Gasteiger partial charge in [-0.1, -0.05) is 12.1 Å². The quantitative estimate of drug-likeness (QED) is 0.902. The van der Waals surface area contributed by atoms with Crippen LogP contribution in [0.5, 0.6) is 5.75 Å². The first kappa shape index (κ1) is 15.1. The summed E-state index contributed by atoms with van der Waals surface area (Å²) in [6, 6.07) is 5.87. The van der Waals surface area contributed by atoms with Gasteiger partial charge < -0.3 is 14.8 Å². The van der Waals surface area contributed by atoms with Crippen molar-refractivity contribution in [1.29, 1.82) is 0 Å². The number of rotatable bonds is 5. The molecule has 1 N–H and O–H groups in total. The number of alkyl halides is 3. The van der Waals surface area contributed by atoms with Crippen molar-refractivity contribution in [2.45, 2.75) is 38.3 Å². The summed E-state index contributed by atoms with van der Waals surface area (Å²) in [7, 11) is 0. The van der Waals surface area contributed by atoms with E-state index in [9.17, 15) is 13.2 Å². The summed E-state index contributed by atoms with van der Waals surface area (Å²) < 4.78 is 45.5. The highest BCUT2D eigenvalue weighted by Crippen LogP contribution is 2.24. The second-order valence-corrected chi connectivity index (χ2v) is 5.20. The maximum atomic E-state index is 12.0. The van der Waals surface area contributed by atoms with Crippen molar-refractivity contribution in [3.63, 3.8) is 0 Å². The summed E-state index contributed by atoms with van der Waals surface area (Å²) in [5, 5.41) is 3.26. The zero-order valence-electron chi connectivity index (χ0n) is 11.3. The molecular formula is C14H18F3NO2. The second kappa shape index (κ2) is 6.01. The van der Waals surface area contributed by atoms with Gasteiger partial charge in [-0.05, 0) is 37.5 Å². The Kier molecular flexibility index (Phi) is 4.55. The lowest BCUT2D eigenvalue weighted by molar-refractivity contribution is -0.274. The maximum absolute atomic E-state index is 12.0. The van der Waals surface area contributed by atoms with E-state index in [-0.39, 0.29) is 11.4 Å². The van der Waals surface area contributed by atoms with Gasteiger partial charge in [-0.2, -0.15) is 0 Å². The Bertz CT molecular complexity index is 425. The van der Waals surface area contributed by atoms with Crippen LogP contribution in [0, 0.1) is 0 Å². The fourth-order valence-electron chi connectivity index (χ4n) is 2.26. The molecule has 1 unspecified atom stereocenters. The summed E-state index contributed by atoms with van der Waals surface area (Å²) in [6.07, 6.45) is -2.55. The Morgan fingerprint density at radius 1 is 1.30 bits per heavy atom. The summed E-state index contributed by atoms with van der Waals surface area (Å²) in [5.41, 5.74) is 0.778. The lowest BCUT2D eigenvalue weighted by atomic mass is 10.0. The minimum Gasteiger partial charge on any atom is -0.406 e. The van der Waals surface area contributed by atoms with Gasteiger partial charge in [0.05, 0.1) is 5.60 Å². The van der Waals surface area contributed by atoms with E-state index in [0.717, 1.165) is 31.6 Å². The van der Waals surface area contributed by atoms with E-state index in [4.69, 9.17) is 4.74 Å². The highest BCUT2D eigenvalue weighted by Gasteiger charge is 2.31. The molecule has 0 aromatic heterocycles. The Morgan fingerprint density at radius 2 is 2.00 bits per heavy atom. The van der Waals surface area contributed by atoms with Gasteiger partial charge in [-0.25, -0.2) is 0 Å². The van der Waals surface area contributed by atoms with Crippen molar-refractivity contribution in [1.82, 2.24) is 5.32 Å². The fourth-order valence-corrected chi connectivity index (χ4v) is 2.26. The molecular weight excluding hydrogens is 271 g/mol. The van der Waals surface area contributed by atoms with E-state index in [1.807, 2.05) is 0 Å². The van der Waals surface area contributed by atoms with Gasteiger partial charge in [0.15, 0.2) is 0 Å². The predicted molar refractivity (Wildman–Crippen MR) is 68.4 cm³/mol. The minimum absolute atomic E-state index is 0.126. The van der Waals surface area contributed by atoms with E-state index < -0.39 is 6.36 Å². The van der Waals surface area contributed by atoms with Gasteiger partial charge in [0, 0.05) is 19.7 Å². The van der Waals surface area contributed by atoms with E-state index in [0.29, 0.717) is 6.54 Å². The Morgan fingerprint density at radius 3 is 2.55 bits per heavy atom. The summed E-state index contributed by atoms with van der Waals surface area (Å²) >= 11 is 0. The molecule has 1 aliphatic rings. The van der Waals surface area contributed by atoms with Crippen LogP contribution < -0.4 is 10.1 Å². The third-order valence-electron chi connectivity index (χ3n) is 3.29. The van der Waals surface area contributed by atoms with Gasteiger partial charge in [-0.3, -0.25) is 0 Å². The van der Waals surface area contributed by atoms with Crippen LogP contribution in [0.3, 0.4) is 0 Å². The topological polar surface area (TPSA) is 30.5 Å². The van der Waals surface area contributed by atoms with Gasteiger partial charge in [0.25, 0.3) is 0 Å². The monoisotopic (exact) mass is 289 g/mol. The van der Waals surface area contributed by atoms with Gasteiger partial charge in [-0.15, -0.1) is 13.2 Å². The molecule has 1 fully saturated rings. The normalized spacial score (nSPS) is 23.0. The molecule has 112 valence electrons. The Balaban J connectivity index is 1.79. The van der Waals surface area contributed by atoms with Crippen LogP contribution in [0.2, 0.25) is 0 Å². The molecule has 0 radical (unpaired) electrons. The second-order valence-electron chi connectivity index (χ2n) is 5.20. The molecule has 0 amide bonds. The number of ether oxygens (including phenoxy) is 2. The summed E-state index contributed by atoms with van der Waals surface area (Å²) in [5.74, 6) is -0.202. The third kappa shape index (κ3) is 4.68. The minimum atomic E-state index is -4.64. The first-order valence-electron chi connectivity index (χ1n) is 6.56. The third-order valence-corrected chi connectivity index (χ3v) is 3.29. The average Bonchev–Trinajstić information content (AvgIpc) is 2.77. The standard InChI is InChI=1S/C14H18F3NO2/c1-13(7-2-8-19-13)10-18-9-11-3-5-12(6-4-11)20-14(15,16)17/h3-6,18H,2,7-10H2,1H3. The molecule has 0 bridgehead atoms. The summed E-state index contributed by atoms with van der Waals surface area (Å²) in [4.78, 5) is 0. The molecule has 6 heteroatoms. The van der Waals surface area contributed by atoms with Crippen molar-refractivity contribution in [3.05, 3.63) is 29.8 Å². The van der Waals surface area contributed by atoms with Crippen molar-refractivity contribution in [3.8, 4) is 5.75 Å². The molecule has 1 aromatic rings. The number of hydrogen-bond donors (Lipinski definition) is 1. The molecule has 3 nitrogen and oxygen atoms in total. The van der Waals surface area contributed by atoms with E-state index in [1.165, 1.54) is 12.1 Å². The largest absolute Gasteiger partial charge is 0.573 e. The molecule has 0 aliphatic carbocycles. The molecule has 2 rings (SSSR count). The number of halogens is 3. The maximum Gasteiger partial charge on any atom is 0.573 e. The Labute approximate surface area is 116 Å². The molecule has 0 spiro atoms. The van der Waals surface area contributed by atoms with Crippen LogP contribution in [0.15, 0.2) is 24.3 Å². The molecule has 1 heterocycles. The zero-order chi connectivity index (χ0) is 14.6. The SMILES string of the molecule is CC1(CNCc2ccc(OC(F)(F)F)cc2)CCCO1. The van der Waals surface area contributed by atoms with Crippen LogP contribution in [0.25, 0.3) is 0 Å². The molecule has 1 saturated heterocycles. The van der Waals surface area contributed by atoms with Gasteiger partial charge in [0.1, 0.15) is 5.75 Å². The van der Waals surface area contributed by atoms with Crippen LogP contribution in [-0.2, 0) is 11.3 Å². The van der Waals surface area contributed by atoms with Crippen molar-refractivity contribution < 1.29 is 22.6 Å². The molecule has 1 aromatic carbocycles. The van der Waals surface area contributed by atoms with Crippen LogP contribution in [0.1, 0.15) is 25.3 Å². The fraction of sp³-hybridized carbons (Fsp3) is 0.571. The lowest BCUT2D eigenvalue weighted by Crippen LogP contribution is -2.36. The molecule has 0 saturated carbocycles. The van der Waals surface area contributed by atoms with Crippen LogP contribution in [-0.4, -0.2) is 25.1 Å². The highest BCUT2D eigenvalue weighted by atomic mass is 19.4. The smallest absolute Gasteiger partial charge is 0.406 e. The lowest BCUT2D eigenvalue weighted by Gasteiger charge is -2.23. The predicted octanol–water partition coefficient (Wildman–Crippen LogP) is 3.24. The number of nitrogens with one attached hydrogen (secondary N) is 1. The van der Waals surface area contributed by atoms with Crippen molar-refractivity contribution in [2.24, 2.45) is 0 Å². The zero-order valence-corrected chi connectivity index (χ0v) is 11.3. The molecule has 1 atom stereocenters. The van der Waals surface area contributed by atoms with Crippen molar-refractivity contribution >= 4 is 0 Å². The van der Waals surface area contributed by atoms with Crippen molar-refractivity contribution in [2.75, 3.05) is 13.2 Å². The number of benzene rings is 1. The number of hydrogen-bond acceptors (Lipinski definition) is 3. The first-order valence-corrected chi connectivity index (χ1v) is 6.56. The van der Waals surface area contributed by atoms with Gasteiger partial charge >= 0.3 is 6.36 Å².